The topological polar surface area (TPSA) is 101 Å². The molecule has 0 aromatic heterocycles. The summed E-state index contributed by atoms with van der Waals surface area (Å²) >= 11 is 0. The molecule has 2 amide bonds. The number of hydrogen-bond acceptors (Lipinski definition) is 5. The van der Waals surface area contributed by atoms with E-state index in [1.807, 2.05) is 0 Å². The van der Waals surface area contributed by atoms with Gasteiger partial charge in [0.1, 0.15) is 23.6 Å². The first-order valence-electron chi connectivity index (χ1n) is 7.95. The van der Waals surface area contributed by atoms with Crippen LogP contribution in [0.3, 0.4) is 0 Å². The molecule has 0 bridgehead atoms. The first-order chi connectivity index (χ1) is 11.3. The SMILES string of the molecule is CCOC(=O)[C@]1(C)[NH2+][C@@H](c2ccc(O)cc2)[C@H]2C(=O)N(C)C(=O)[C@H]21. The van der Waals surface area contributed by atoms with Gasteiger partial charge >= 0.3 is 5.97 Å². The predicted molar refractivity (Wildman–Crippen MR) is 82.6 cm³/mol. The lowest BCUT2D eigenvalue weighted by Gasteiger charge is -2.25. The summed E-state index contributed by atoms with van der Waals surface area (Å²) in [6.45, 7) is 3.58. The second-order valence-corrected chi connectivity index (χ2v) is 6.53. The molecule has 24 heavy (non-hydrogen) atoms. The Morgan fingerprint density at radius 3 is 2.50 bits per heavy atom. The Balaban J connectivity index is 2.06. The molecule has 3 rings (SSSR count). The number of imide groups is 1. The summed E-state index contributed by atoms with van der Waals surface area (Å²) in [6.07, 6.45) is 0. The average molecular weight is 333 g/mol. The number of esters is 1. The zero-order valence-corrected chi connectivity index (χ0v) is 13.9. The van der Waals surface area contributed by atoms with E-state index in [9.17, 15) is 19.5 Å². The van der Waals surface area contributed by atoms with Crippen LogP contribution in [0, 0.1) is 11.8 Å². The van der Waals surface area contributed by atoms with Crippen LogP contribution in [0.4, 0.5) is 0 Å². The number of hydrogen-bond donors (Lipinski definition) is 2. The molecule has 128 valence electrons. The van der Waals surface area contributed by atoms with E-state index < -0.39 is 23.3 Å². The molecule has 0 unspecified atom stereocenters. The van der Waals surface area contributed by atoms with Crippen molar-refractivity contribution in [3.05, 3.63) is 29.8 Å². The van der Waals surface area contributed by atoms with Crippen LogP contribution in [0.1, 0.15) is 25.5 Å². The number of carbonyl (C=O) groups is 3. The average Bonchev–Trinajstić information content (AvgIpc) is 2.99. The number of rotatable bonds is 3. The van der Waals surface area contributed by atoms with Crippen LogP contribution < -0.4 is 5.32 Å². The Labute approximate surface area is 139 Å². The number of likely N-dealkylation sites (tertiary alicyclic amines) is 1. The van der Waals surface area contributed by atoms with Gasteiger partial charge in [0.25, 0.3) is 0 Å². The number of amides is 2. The zero-order valence-electron chi connectivity index (χ0n) is 13.9. The van der Waals surface area contributed by atoms with Crippen LogP contribution in [0.15, 0.2) is 24.3 Å². The monoisotopic (exact) mass is 333 g/mol. The molecule has 7 nitrogen and oxygen atoms in total. The van der Waals surface area contributed by atoms with Gasteiger partial charge in [0.2, 0.25) is 17.4 Å². The van der Waals surface area contributed by atoms with Crippen molar-refractivity contribution < 1.29 is 29.5 Å². The van der Waals surface area contributed by atoms with E-state index >= 15 is 0 Å². The largest absolute Gasteiger partial charge is 0.508 e. The molecular formula is C17H21N2O5+. The highest BCUT2D eigenvalue weighted by Gasteiger charge is 2.70. The van der Waals surface area contributed by atoms with E-state index in [-0.39, 0.29) is 30.2 Å². The molecule has 0 radical (unpaired) electrons. The maximum atomic E-state index is 12.6. The summed E-state index contributed by atoms with van der Waals surface area (Å²) in [5, 5.41) is 11.2. The maximum absolute atomic E-state index is 12.6. The van der Waals surface area contributed by atoms with Crippen LogP contribution in [0.25, 0.3) is 0 Å². The summed E-state index contributed by atoms with van der Waals surface area (Å²) < 4.78 is 5.17. The third-order valence-electron chi connectivity index (χ3n) is 5.12. The molecule has 4 atom stereocenters. The van der Waals surface area contributed by atoms with Gasteiger partial charge < -0.3 is 15.2 Å². The van der Waals surface area contributed by atoms with E-state index in [4.69, 9.17) is 4.74 Å². The molecule has 0 spiro atoms. The van der Waals surface area contributed by atoms with Crippen LogP contribution in [0.2, 0.25) is 0 Å². The Hall–Kier alpha value is -2.41. The molecule has 2 aliphatic heterocycles. The second-order valence-electron chi connectivity index (χ2n) is 6.53. The number of ether oxygens (including phenoxy) is 1. The van der Waals surface area contributed by atoms with Crippen LogP contribution in [0.5, 0.6) is 5.75 Å². The quantitative estimate of drug-likeness (QED) is 0.577. The molecule has 2 aliphatic rings. The molecule has 7 heteroatoms. The van der Waals surface area contributed by atoms with E-state index in [1.54, 1.807) is 31.3 Å². The van der Waals surface area contributed by atoms with E-state index in [1.165, 1.54) is 19.2 Å². The smallest absolute Gasteiger partial charge is 0.368 e. The Morgan fingerprint density at radius 1 is 1.29 bits per heavy atom. The minimum atomic E-state index is -1.15. The van der Waals surface area contributed by atoms with Gasteiger partial charge in [-0.1, -0.05) is 0 Å². The number of benzene rings is 1. The standard InChI is InChI=1S/C17H20N2O5/c1-4-24-16(23)17(2)12-11(14(21)19(3)15(12)22)13(18-17)9-5-7-10(20)8-6-9/h5-8,11-13,18,20H,4H2,1-3H3/p+1/t11-,12-,13-,17+/m0/s1. The van der Waals surface area contributed by atoms with Gasteiger partial charge in [0.15, 0.2) is 0 Å². The highest BCUT2D eigenvalue weighted by atomic mass is 16.5. The van der Waals surface area contributed by atoms with Crippen molar-refractivity contribution in [2.24, 2.45) is 11.8 Å². The van der Waals surface area contributed by atoms with E-state index in [0.29, 0.717) is 0 Å². The summed E-state index contributed by atoms with van der Waals surface area (Å²) in [7, 11) is 1.45. The summed E-state index contributed by atoms with van der Waals surface area (Å²) in [5.74, 6) is -2.38. The molecule has 0 saturated carbocycles. The highest BCUT2D eigenvalue weighted by Crippen LogP contribution is 2.44. The molecule has 2 fully saturated rings. The van der Waals surface area contributed by atoms with Gasteiger partial charge in [0, 0.05) is 19.5 Å². The number of carbonyl (C=O) groups excluding carboxylic acids is 3. The number of phenols is 1. The number of quaternary nitrogens is 1. The Kier molecular flexibility index (Phi) is 3.83. The van der Waals surface area contributed by atoms with Crippen LogP contribution >= 0.6 is 0 Å². The van der Waals surface area contributed by atoms with E-state index in [0.717, 1.165) is 10.5 Å². The molecule has 0 aliphatic carbocycles. The minimum absolute atomic E-state index is 0.118. The third kappa shape index (κ3) is 2.19. The normalized spacial score (nSPS) is 32.1. The summed E-state index contributed by atoms with van der Waals surface area (Å²) in [5.41, 5.74) is -0.368. The highest BCUT2D eigenvalue weighted by molar-refractivity contribution is 6.08. The van der Waals surface area contributed by atoms with Crippen molar-refractivity contribution in [3.8, 4) is 5.75 Å². The second kappa shape index (κ2) is 5.59. The summed E-state index contributed by atoms with van der Waals surface area (Å²) in [6, 6.07) is 6.10. The molecule has 2 heterocycles. The molecule has 3 N–H and O–H groups in total. The lowest BCUT2D eigenvalue weighted by molar-refractivity contribution is -0.731. The van der Waals surface area contributed by atoms with Gasteiger partial charge in [-0.3, -0.25) is 14.5 Å². The van der Waals surface area contributed by atoms with Gasteiger partial charge in [0.05, 0.1) is 6.61 Å². The minimum Gasteiger partial charge on any atom is -0.508 e. The predicted octanol–water partition coefficient (Wildman–Crippen LogP) is -0.437. The Morgan fingerprint density at radius 2 is 1.92 bits per heavy atom. The number of nitrogens with two attached hydrogens (primary N) is 1. The zero-order chi connectivity index (χ0) is 17.6. The molecule has 1 aromatic carbocycles. The number of phenolic OH excluding ortho intramolecular Hbond substituents is 1. The summed E-state index contributed by atoms with van der Waals surface area (Å²) in [4.78, 5) is 38.8. The molecular weight excluding hydrogens is 312 g/mol. The van der Waals surface area contributed by atoms with Crippen molar-refractivity contribution in [1.82, 2.24) is 4.90 Å². The van der Waals surface area contributed by atoms with E-state index in [2.05, 4.69) is 0 Å². The number of nitrogens with zero attached hydrogens (tertiary/aromatic N) is 1. The number of fused-ring (bicyclic) bond motifs is 1. The van der Waals surface area contributed by atoms with Crippen molar-refractivity contribution in [2.45, 2.75) is 25.4 Å². The van der Waals surface area contributed by atoms with Crippen molar-refractivity contribution in [3.63, 3.8) is 0 Å². The first kappa shape index (κ1) is 16.4. The fraction of sp³-hybridized carbons (Fsp3) is 0.471. The Bertz CT molecular complexity index is 701. The maximum Gasteiger partial charge on any atom is 0.368 e. The lowest BCUT2D eigenvalue weighted by atomic mass is 9.80. The van der Waals surface area contributed by atoms with Crippen molar-refractivity contribution in [2.75, 3.05) is 13.7 Å². The van der Waals surface area contributed by atoms with Crippen LogP contribution in [-0.4, -0.2) is 47.0 Å². The van der Waals surface area contributed by atoms with Gasteiger partial charge in [-0.05, 0) is 31.2 Å². The third-order valence-corrected chi connectivity index (χ3v) is 5.12. The fourth-order valence-electron chi connectivity index (χ4n) is 3.89. The van der Waals surface area contributed by atoms with Crippen molar-refractivity contribution >= 4 is 17.8 Å². The fourth-order valence-corrected chi connectivity index (χ4v) is 3.89. The van der Waals surface area contributed by atoms with Crippen molar-refractivity contribution in [1.29, 1.82) is 0 Å². The molecule has 1 aromatic rings. The first-order valence-corrected chi connectivity index (χ1v) is 7.95. The van der Waals surface area contributed by atoms with Gasteiger partial charge in [-0.2, -0.15) is 0 Å². The lowest BCUT2D eigenvalue weighted by Crippen LogP contribution is -2.97. The van der Waals surface area contributed by atoms with Crippen LogP contribution in [-0.2, 0) is 19.1 Å². The molecule has 2 saturated heterocycles. The van der Waals surface area contributed by atoms with Gasteiger partial charge in [-0.15, -0.1) is 0 Å². The number of aromatic hydroxyl groups is 1. The van der Waals surface area contributed by atoms with Gasteiger partial charge in [-0.25, -0.2) is 4.79 Å².